The smallest absolute Gasteiger partial charge is 0.255 e. The number of benzene rings is 1. The molecule has 21 heavy (non-hydrogen) atoms. The Kier molecular flexibility index (Phi) is 5.61. The van der Waals surface area contributed by atoms with Gasteiger partial charge in [0.15, 0.2) is 0 Å². The quantitative estimate of drug-likeness (QED) is 0.884. The van der Waals surface area contributed by atoms with Gasteiger partial charge in [0.05, 0.1) is 17.0 Å². The predicted octanol–water partition coefficient (Wildman–Crippen LogP) is 3.53. The Hall–Kier alpha value is -1.56. The average Bonchev–Trinajstić information content (AvgIpc) is 2.94. The number of carbonyl (C=O) groups is 1. The van der Waals surface area contributed by atoms with Crippen LogP contribution >= 0.6 is 22.9 Å². The van der Waals surface area contributed by atoms with Gasteiger partial charge < -0.3 is 14.8 Å². The van der Waals surface area contributed by atoms with Crippen LogP contribution in [0.5, 0.6) is 5.75 Å². The third-order valence-corrected chi connectivity index (χ3v) is 4.32. The van der Waals surface area contributed by atoms with Crippen LogP contribution in [0.15, 0.2) is 36.4 Å². The van der Waals surface area contributed by atoms with Gasteiger partial charge in [0.1, 0.15) is 11.9 Å². The summed E-state index contributed by atoms with van der Waals surface area (Å²) < 4.78 is 11.3. The number of para-hydroxylation sites is 1. The van der Waals surface area contributed by atoms with Gasteiger partial charge in [-0.15, -0.1) is 11.3 Å². The Morgan fingerprint density at radius 1 is 1.29 bits per heavy atom. The second-order valence-electron chi connectivity index (χ2n) is 4.28. The van der Waals surface area contributed by atoms with Crippen molar-refractivity contribution in [2.24, 2.45) is 0 Å². The largest absolute Gasteiger partial charge is 0.496 e. The van der Waals surface area contributed by atoms with E-state index in [1.165, 1.54) is 18.4 Å². The fraction of sp³-hybridized carbons (Fsp3) is 0.267. The van der Waals surface area contributed by atoms with E-state index in [-0.39, 0.29) is 12.0 Å². The van der Waals surface area contributed by atoms with Crippen LogP contribution in [-0.2, 0) is 4.74 Å². The fourth-order valence-corrected chi connectivity index (χ4v) is 3.05. The van der Waals surface area contributed by atoms with Crippen LogP contribution in [0, 0.1) is 0 Å². The molecular formula is C15H16ClNO3S. The van der Waals surface area contributed by atoms with Crippen LogP contribution in [0.1, 0.15) is 21.3 Å². The zero-order chi connectivity index (χ0) is 15.2. The number of rotatable bonds is 6. The first-order chi connectivity index (χ1) is 10.2. The van der Waals surface area contributed by atoms with E-state index in [1.807, 2.05) is 18.2 Å². The third kappa shape index (κ3) is 3.97. The summed E-state index contributed by atoms with van der Waals surface area (Å²) in [7, 11) is 3.14. The molecule has 0 spiro atoms. The summed E-state index contributed by atoms with van der Waals surface area (Å²) >= 11 is 7.36. The van der Waals surface area contributed by atoms with Crippen molar-refractivity contribution in [1.82, 2.24) is 5.32 Å². The maximum Gasteiger partial charge on any atom is 0.255 e. The molecule has 1 heterocycles. The first kappa shape index (κ1) is 15.8. The minimum Gasteiger partial charge on any atom is -0.496 e. The van der Waals surface area contributed by atoms with Crippen LogP contribution in [0.2, 0.25) is 4.34 Å². The van der Waals surface area contributed by atoms with E-state index in [0.717, 1.165) is 4.88 Å². The lowest BCUT2D eigenvalue weighted by molar-refractivity contribution is 0.0835. The molecule has 0 fully saturated rings. The Morgan fingerprint density at radius 2 is 2.05 bits per heavy atom. The number of carbonyl (C=O) groups excluding carboxylic acids is 1. The van der Waals surface area contributed by atoms with E-state index in [2.05, 4.69) is 5.32 Å². The van der Waals surface area contributed by atoms with Gasteiger partial charge in [0.2, 0.25) is 0 Å². The van der Waals surface area contributed by atoms with E-state index in [0.29, 0.717) is 22.2 Å². The van der Waals surface area contributed by atoms with Crippen LogP contribution in [-0.4, -0.2) is 26.7 Å². The van der Waals surface area contributed by atoms with E-state index in [4.69, 9.17) is 21.1 Å². The van der Waals surface area contributed by atoms with Crippen LogP contribution < -0.4 is 10.1 Å². The molecule has 1 aromatic heterocycles. The summed E-state index contributed by atoms with van der Waals surface area (Å²) in [5.41, 5.74) is 0.499. The molecule has 1 amide bonds. The number of methoxy groups -OCH3 is 2. The number of thiophene rings is 1. The topological polar surface area (TPSA) is 47.6 Å². The molecule has 0 aliphatic heterocycles. The molecule has 1 aromatic carbocycles. The van der Waals surface area contributed by atoms with Crippen molar-refractivity contribution in [3.05, 3.63) is 51.2 Å². The second kappa shape index (κ2) is 7.45. The summed E-state index contributed by atoms with van der Waals surface area (Å²) in [6, 6.07) is 10.8. The summed E-state index contributed by atoms with van der Waals surface area (Å²) in [6.45, 7) is 0.365. The molecule has 6 heteroatoms. The minimum atomic E-state index is -0.221. The molecule has 112 valence electrons. The second-order valence-corrected chi connectivity index (χ2v) is 6.02. The van der Waals surface area contributed by atoms with Gasteiger partial charge in [-0.05, 0) is 24.3 Å². The Balaban J connectivity index is 2.02. The molecule has 0 bridgehead atoms. The number of hydrogen-bond acceptors (Lipinski definition) is 4. The van der Waals surface area contributed by atoms with Gasteiger partial charge in [0.25, 0.3) is 5.91 Å². The van der Waals surface area contributed by atoms with Crippen molar-refractivity contribution in [2.45, 2.75) is 6.10 Å². The van der Waals surface area contributed by atoms with Crippen LogP contribution in [0.3, 0.4) is 0 Å². The van der Waals surface area contributed by atoms with Crippen molar-refractivity contribution in [3.8, 4) is 5.75 Å². The summed E-state index contributed by atoms with van der Waals surface area (Å²) in [5, 5.41) is 2.85. The lowest BCUT2D eigenvalue weighted by Crippen LogP contribution is -2.29. The zero-order valence-electron chi connectivity index (χ0n) is 11.8. The molecule has 2 aromatic rings. The van der Waals surface area contributed by atoms with Crippen molar-refractivity contribution < 1.29 is 14.3 Å². The minimum absolute atomic E-state index is 0.197. The predicted molar refractivity (Wildman–Crippen MR) is 84.4 cm³/mol. The van der Waals surface area contributed by atoms with Crippen LogP contribution in [0.4, 0.5) is 0 Å². The number of hydrogen-bond donors (Lipinski definition) is 1. The summed E-state index contributed by atoms with van der Waals surface area (Å²) in [4.78, 5) is 13.2. The Labute approximate surface area is 132 Å². The van der Waals surface area contributed by atoms with Gasteiger partial charge in [0, 0.05) is 18.5 Å². The highest BCUT2D eigenvalue weighted by atomic mass is 35.5. The molecule has 0 aliphatic rings. The molecule has 2 rings (SSSR count). The highest BCUT2D eigenvalue weighted by Gasteiger charge is 2.16. The molecule has 0 saturated heterocycles. The fourth-order valence-electron chi connectivity index (χ4n) is 1.91. The summed E-state index contributed by atoms with van der Waals surface area (Å²) in [5.74, 6) is 0.347. The van der Waals surface area contributed by atoms with Crippen molar-refractivity contribution >= 4 is 28.8 Å². The lowest BCUT2D eigenvalue weighted by atomic mass is 10.2. The van der Waals surface area contributed by atoms with E-state index >= 15 is 0 Å². The average molecular weight is 326 g/mol. The zero-order valence-corrected chi connectivity index (χ0v) is 13.3. The van der Waals surface area contributed by atoms with E-state index < -0.39 is 0 Å². The standard InChI is InChI=1S/C15H16ClNO3S/c1-19-11-6-4-3-5-10(11)15(18)17-9-12(20-2)13-7-8-14(16)21-13/h3-8,12H,9H2,1-2H3,(H,17,18). The third-order valence-electron chi connectivity index (χ3n) is 3.00. The van der Waals surface area contributed by atoms with Gasteiger partial charge in [-0.3, -0.25) is 4.79 Å². The Morgan fingerprint density at radius 3 is 2.67 bits per heavy atom. The van der Waals surface area contributed by atoms with Crippen molar-refractivity contribution in [3.63, 3.8) is 0 Å². The number of amides is 1. The first-order valence-corrected chi connectivity index (χ1v) is 7.54. The monoisotopic (exact) mass is 325 g/mol. The molecular weight excluding hydrogens is 310 g/mol. The van der Waals surface area contributed by atoms with Gasteiger partial charge in [-0.25, -0.2) is 0 Å². The van der Waals surface area contributed by atoms with E-state index in [9.17, 15) is 4.79 Å². The molecule has 0 aliphatic carbocycles. The molecule has 1 atom stereocenters. The highest BCUT2D eigenvalue weighted by molar-refractivity contribution is 7.16. The summed E-state index contributed by atoms with van der Waals surface area (Å²) in [6.07, 6.45) is -0.221. The molecule has 0 radical (unpaired) electrons. The normalized spacial score (nSPS) is 12.0. The number of nitrogens with one attached hydrogen (secondary N) is 1. The van der Waals surface area contributed by atoms with Gasteiger partial charge in [-0.2, -0.15) is 0 Å². The number of ether oxygens (including phenoxy) is 2. The SMILES string of the molecule is COc1ccccc1C(=O)NCC(OC)c1ccc(Cl)s1. The van der Waals surface area contributed by atoms with Crippen molar-refractivity contribution in [2.75, 3.05) is 20.8 Å². The Bertz CT molecular complexity index is 614. The van der Waals surface area contributed by atoms with Gasteiger partial charge >= 0.3 is 0 Å². The lowest BCUT2D eigenvalue weighted by Gasteiger charge is -2.15. The van der Waals surface area contributed by atoms with Crippen molar-refractivity contribution in [1.29, 1.82) is 0 Å². The molecule has 1 N–H and O–H groups in total. The molecule has 4 nitrogen and oxygen atoms in total. The van der Waals surface area contributed by atoms with Crippen LogP contribution in [0.25, 0.3) is 0 Å². The molecule has 0 saturated carbocycles. The number of halogens is 1. The van der Waals surface area contributed by atoms with E-state index in [1.54, 1.807) is 25.3 Å². The highest BCUT2D eigenvalue weighted by Crippen LogP contribution is 2.28. The van der Waals surface area contributed by atoms with Gasteiger partial charge in [-0.1, -0.05) is 23.7 Å². The maximum absolute atomic E-state index is 12.2. The first-order valence-electron chi connectivity index (χ1n) is 6.35. The maximum atomic E-state index is 12.2. The molecule has 1 unspecified atom stereocenters.